The van der Waals surface area contributed by atoms with E-state index in [0.717, 1.165) is 38.8 Å². The van der Waals surface area contributed by atoms with Crippen molar-refractivity contribution < 1.29 is 23.5 Å². The lowest BCUT2D eigenvalue weighted by Gasteiger charge is -2.33. The summed E-state index contributed by atoms with van der Waals surface area (Å²) in [6, 6.07) is 4.47. The lowest BCUT2D eigenvalue weighted by atomic mass is 9.92. The van der Waals surface area contributed by atoms with Gasteiger partial charge in [-0.05, 0) is 64.5 Å². The van der Waals surface area contributed by atoms with E-state index in [2.05, 4.69) is 0 Å². The molecule has 2 aliphatic rings. The molecule has 0 aromatic heterocycles. The molecule has 0 bridgehead atoms. The number of nitrogens with zero attached hydrogens (tertiary/aromatic N) is 3. The van der Waals surface area contributed by atoms with Gasteiger partial charge in [-0.1, -0.05) is 0 Å². The van der Waals surface area contributed by atoms with E-state index in [1.54, 1.807) is 29.0 Å². The van der Waals surface area contributed by atoms with Crippen LogP contribution in [0.1, 0.15) is 46.5 Å². The fourth-order valence-electron chi connectivity index (χ4n) is 3.96. The van der Waals surface area contributed by atoms with E-state index in [0.29, 0.717) is 37.1 Å². The van der Waals surface area contributed by atoms with Crippen molar-refractivity contribution in [3.05, 3.63) is 24.0 Å². The fourth-order valence-corrected chi connectivity index (χ4v) is 3.96. The Bertz CT molecular complexity index is 788. The van der Waals surface area contributed by atoms with Gasteiger partial charge in [0.15, 0.2) is 5.82 Å². The summed E-state index contributed by atoms with van der Waals surface area (Å²) in [7, 11) is 1.71. The van der Waals surface area contributed by atoms with E-state index >= 15 is 0 Å². The second-order valence-corrected chi connectivity index (χ2v) is 9.37. The van der Waals surface area contributed by atoms with Gasteiger partial charge in [-0.3, -0.25) is 4.90 Å². The zero-order valence-corrected chi connectivity index (χ0v) is 19.0. The first-order valence-corrected chi connectivity index (χ1v) is 11.1. The number of carbonyl (C=O) groups is 2. The molecule has 2 saturated heterocycles. The summed E-state index contributed by atoms with van der Waals surface area (Å²) in [5.74, 6) is 0.580. The molecule has 0 N–H and O–H groups in total. The predicted molar refractivity (Wildman–Crippen MR) is 117 cm³/mol. The van der Waals surface area contributed by atoms with Gasteiger partial charge in [0.1, 0.15) is 11.4 Å². The van der Waals surface area contributed by atoms with Crippen LogP contribution in [0.15, 0.2) is 18.2 Å². The molecule has 0 radical (unpaired) electrons. The molecule has 7 nitrogen and oxygen atoms in total. The van der Waals surface area contributed by atoms with Crippen molar-refractivity contribution in [3.63, 3.8) is 0 Å². The molecule has 2 fully saturated rings. The molecule has 31 heavy (non-hydrogen) atoms. The molecule has 3 rings (SSSR count). The number of amides is 3. The maximum atomic E-state index is 14.5. The highest BCUT2D eigenvalue weighted by Gasteiger charge is 2.29. The lowest BCUT2D eigenvalue weighted by Crippen LogP contribution is -2.41. The van der Waals surface area contributed by atoms with Crippen LogP contribution in [-0.4, -0.2) is 67.4 Å². The highest BCUT2D eigenvalue weighted by Crippen LogP contribution is 2.27. The highest BCUT2D eigenvalue weighted by atomic mass is 19.1. The number of urea groups is 1. The summed E-state index contributed by atoms with van der Waals surface area (Å²) in [5.41, 5.74) is -0.179. The Morgan fingerprint density at radius 3 is 2.45 bits per heavy atom. The Balaban J connectivity index is 1.37. The van der Waals surface area contributed by atoms with E-state index < -0.39 is 11.4 Å². The smallest absolute Gasteiger partial charge is 0.410 e. The minimum absolute atomic E-state index is 0.190. The predicted octanol–water partition coefficient (Wildman–Crippen LogP) is 4.50. The number of rotatable bonds is 6. The van der Waals surface area contributed by atoms with Crippen LogP contribution in [0.5, 0.6) is 5.75 Å². The normalized spacial score (nSPS) is 18.0. The number of hydrogen-bond acceptors (Lipinski definition) is 4. The first-order valence-electron chi connectivity index (χ1n) is 11.1. The molecule has 0 aliphatic carbocycles. The van der Waals surface area contributed by atoms with Gasteiger partial charge in [-0.2, -0.15) is 0 Å². The molecular weight excluding hydrogens is 401 g/mol. The van der Waals surface area contributed by atoms with Gasteiger partial charge in [0.2, 0.25) is 0 Å². The van der Waals surface area contributed by atoms with Crippen molar-refractivity contribution in [1.82, 2.24) is 9.80 Å². The number of likely N-dealkylation sites (N-methyl/N-ethyl adjacent to an activating group) is 1. The van der Waals surface area contributed by atoms with E-state index in [9.17, 15) is 14.0 Å². The Labute approximate surface area is 184 Å². The van der Waals surface area contributed by atoms with Gasteiger partial charge in [0.05, 0.1) is 12.3 Å². The Hall–Kier alpha value is -2.51. The number of ether oxygens (including phenoxy) is 2. The second-order valence-electron chi connectivity index (χ2n) is 9.37. The molecule has 0 spiro atoms. The van der Waals surface area contributed by atoms with Gasteiger partial charge in [0, 0.05) is 39.3 Å². The second kappa shape index (κ2) is 9.75. The monoisotopic (exact) mass is 435 g/mol. The molecule has 3 amide bonds. The van der Waals surface area contributed by atoms with Gasteiger partial charge in [-0.25, -0.2) is 14.0 Å². The van der Waals surface area contributed by atoms with Crippen molar-refractivity contribution in [3.8, 4) is 5.75 Å². The quantitative estimate of drug-likeness (QED) is 0.617. The van der Waals surface area contributed by atoms with E-state index in [4.69, 9.17) is 9.47 Å². The highest BCUT2D eigenvalue weighted by molar-refractivity contribution is 5.94. The molecule has 172 valence electrons. The Kier molecular flexibility index (Phi) is 7.28. The zero-order chi connectivity index (χ0) is 22.6. The van der Waals surface area contributed by atoms with Crippen LogP contribution in [0.4, 0.5) is 19.7 Å². The van der Waals surface area contributed by atoms with Crippen LogP contribution in [0.3, 0.4) is 0 Å². The van der Waals surface area contributed by atoms with Crippen LogP contribution in [0.2, 0.25) is 0 Å². The Morgan fingerprint density at radius 2 is 1.87 bits per heavy atom. The van der Waals surface area contributed by atoms with Crippen LogP contribution < -0.4 is 9.64 Å². The number of benzene rings is 1. The molecule has 0 unspecified atom stereocenters. The summed E-state index contributed by atoms with van der Waals surface area (Å²) < 4.78 is 25.6. The maximum Gasteiger partial charge on any atom is 0.410 e. The molecule has 2 aliphatic heterocycles. The van der Waals surface area contributed by atoms with Crippen LogP contribution in [-0.2, 0) is 4.74 Å². The van der Waals surface area contributed by atoms with Crippen LogP contribution in [0.25, 0.3) is 0 Å². The summed E-state index contributed by atoms with van der Waals surface area (Å²) in [6.07, 6.45) is 3.57. The summed E-state index contributed by atoms with van der Waals surface area (Å²) in [6.45, 7) is 8.66. The molecular formula is C23H34FN3O4. The SMILES string of the molecule is CN1CCN(c2ccc(OCCCC3CCN(C(=O)OC(C)(C)C)CC3)cc2F)C1=O. The number of carbonyl (C=O) groups excluding carboxylic acids is 2. The summed E-state index contributed by atoms with van der Waals surface area (Å²) >= 11 is 0. The van der Waals surface area contributed by atoms with Crippen LogP contribution >= 0.6 is 0 Å². The van der Waals surface area contributed by atoms with Crippen molar-refractivity contribution in [2.24, 2.45) is 5.92 Å². The van der Waals surface area contributed by atoms with E-state index in [-0.39, 0.29) is 12.1 Å². The van der Waals surface area contributed by atoms with Gasteiger partial charge >= 0.3 is 12.1 Å². The van der Waals surface area contributed by atoms with Gasteiger partial charge in [-0.15, -0.1) is 0 Å². The molecule has 1 aromatic carbocycles. The summed E-state index contributed by atoms with van der Waals surface area (Å²) in [4.78, 5) is 29.0. The third-order valence-electron chi connectivity index (χ3n) is 5.72. The number of halogens is 1. The average Bonchev–Trinajstić information content (AvgIpc) is 3.03. The molecule has 0 saturated carbocycles. The molecule has 2 heterocycles. The number of hydrogen-bond donors (Lipinski definition) is 0. The Morgan fingerprint density at radius 1 is 1.16 bits per heavy atom. The third kappa shape index (κ3) is 6.24. The average molecular weight is 436 g/mol. The summed E-state index contributed by atoms with van der Waals surface area (Å²) in [5, 5.41) is 0. The largest absolute Gasteiger partial charge is 0.493 e. The van der Waals surface area contributed by atoms with E-state index in [1.807, 2.05) is 20.8 Å². The van der Waals surface area contributed by atoms with Crippen molar-refractivity contribution in [2.75, 3.05) is 44.7 Å². The fraction of sp³-hybridized carbons (Fsp3) is 0.652. The topological polar surface area (TPSA) is 62.3 Å². The minimum Gasteiger partial charge on any atom is -0.493 e. The first-order chi connectivity index (χ1) is 14.6. The lowest BCUT2D eigenvalue weighted by molar-refractivity contribution is 0.0179. The number of piperidine rings is 1. The molecule has 8 heteroatoms. The van der Waals surface area contributed by atoms with Gasteiger partial charge < -0.3 is 19.3 Å². The number of anilines is 1. The maximum absolute atomic E-state index is 14.5. The first kappa shape index (κ1) is 23.2. The zero-order valence-electron chi connectivity index (χ0n) is 19.0. The standard InChI is InChI=1S/C23H34FN3O4/c1-23(2,3)31-22(29)26-11-9-17(10-12-26)6-5-15-30-18-7-8-20(19(24)16-18)27-14-13-25(4)21(27)28/h7-8,16-17H,5-6,9-15H2,1-4H3. The van der Waals surface area contributed by atoms with Crippen LogP contribution in [0, 0.1) is 11.7 Å². The van der Waals surface area contributed by atoms with Crippen molar-refractivity contribution >= 4 is 17.8 Å². The third-order valence-corrected chi connectivity index (χ3v) is 5.72. The molecule has 1 aromatic rings. The van der Waals surface area contributed by atoms with Crippen molar-refractivity contribution in [2.45, 2.75) is 52.1 Å². The molecule has 0 atom stereocenters. The van der Waals surface area contributed by atoms with Gasteiger partial charge in [0.25, 0.3) is 0 Å². The van der Waals surface area contributed by atoms with Crippen molar-refractivity contribution in [1.29, 1.82) is 0 Å². The van der Waals surface area contributed by atoms with E-state index in [1.165, 1.54) is 11.0 Å². The minimum atomic E-state index is -0.469. The number of likely N-dealkylation sites (tertiary alicyclic amines) is 1.